The monoisotopic (exact) mass is 186 g/mol. The van der Waals surface area contributed by atoms with Crippen LogP contribution in [0.25, 0.3) is 0 Å². The van der Waals surface area contributed by atoms with Gasteiger partial charge in [0, 0.05) is 12.3 Å². The third-order valence-electron chi connectivity index (χ3n) is 2.89. The lowest BCUT2D eigenvalue weighted by Gasteiger charge is -2.34. The molecule has 1 saturated carbocycles. The van der Waals surface area contributed by atoms with Gasteiger partial charge in [0.1, 0.15) is 5.78 Å². The van der Waals surface area contributed by atoms with Crippen LogP contribution in [0.2, 0.25) is 0 Å². The summed E-state index contributed by atoms with van der Waals surface area (Å²) >= 11 is 0. The van der Waals surface area contributed by atoms with Gasteiger partial charge in [-0.2, -0.15) is 0 Å². The first-order valence-electron chi connectivity index (χ1n) is 4.35. The minimum absolute atomic E-state index is 0.0673. The number of carbonyl (C=O) groups excluding carboxylic acids is 1. The molecule has 1 fully saturated rings. The van der Waals surface area contributed by atoms with Crippen molar-refractivity contribution in [3.63, 3.8) is 0 Å². The van der Waals surface area contributed by atoms with E-state index in [2.05, 4.69) is 0 Å². The van der Waals surface area contributed by atoms with Crippen LogP contribution in [-0.4, -0.2) is 27.6 Å². The number of aliphatic carboxylic acids is 1. The van der Waals surface area contributed by atoms with Crippen LogP contribution in [-0.2, 0) is 9.59 Å². The molecule has 0 aliphatic heterocycles. The van der Waals surface area contributed by atoms with Crippen LogP contribution in [0.15, 0.2) is 0 Å². The van der Waals surface area contributed by atoms with Crippen molar-refractivity contribution in [2.75, 3.05) is 0 Å². The minimum atomic E-state index is -1.83. The van der Waals surface area contributed by atoms with E-state index in [9.17, 15) is 14.7 Å². The van der Waals surface area contributed by atoms with Crippen LogP contribution < -0.4 is 0 Å². The first-order valence-corrected chi connectivity index (χ1v) is 4.35. The summed E-state index contributed by atoms with van der Waals surface area (Å²) in [6.07, 6.45) is -0.0942. The molecule has 74 valence electrons. The van der Waals surface area contributed by atoms with Crippen LogP contribution in [0.1, 0.15) is 26.7 Å². The van der Waals surface area contributed by atoms with Crippen molar-refractivity contribution in [1.29, 1.82) is 0 Å². The molecular weight excluding hydrogens is 172 g/mol. The first-order chi connectivity index (χ1) is 5.87. The average Bonchev–Trinajstić information content (AvgIpc) is 2.00. The lowest BCUT2D eigenvalue weighted by molar-refractivity contribution is -0.168. The van der Waals surface area contributed by atoms with E-state index in [0.29, 0.717) is 0 Å². The summed E-state index contributed by atoms with van der Waals surface area (Å²) in [5.41, 5.74) is -1.83. The summed E-state index contributed by atoms with van der Waals surface area (Å²) in [4.78, 5) is 22.0. The Kier molecular flexibility index (Phi) is 2.43. The molecule has 4 heteroatoms. The van der Waals surface area contributed by atoms with E-state index in [1.807, 2.05) is 0 Å². The van der Waals surface area contributed by atoms with Gasteiger partial charge in [0.05, 0.1) is 0 Å². The van der Waals surface area contributed by atoms with E-state index in [4.69, 9.17) is 5.11 Å². The van der Waals surface area contributed by atoms with Gasteiger partial charge in [0.2, 0.25) is 0 Å². The standard InChI is InChI=1S/C9H14O4/c1-5-3-9(13,8(11)12)4-7(10)6(5)2/h5-6,13H,3-4H2,1-2H3,(H,11,12). The normalized spacial score (nSPS) is 40.4. The topological polar surface area (TPSA) is 74.6 Å². The maximum absolute atomic E-state index is 11.3. The van der Waals surface area contributed by atoms with Crippen LogP contribution in [0, 0.1) is 11.8 Å². The number of ketones is 1. The quantitative estimate of drug-likeness (QED) is 0.623. The molecule has 0 aromatic carbocycles. The molecule has 0 amide bonds. The van der Waals surface area contributed by atoms with E-state index in [-0.39, 0.29) is 30.5 Å². The van der Waals surface area contributed by atoms with Gasteiger partial charge in [-0.3, -0.25) is 4.79 Å². The fourth-order valence-corrected chi connectivity index (χ4v) is 1.71. The fraction of sp³-hybridized carbons (Fsp3) is 0.778. The molecule has 4 nitrogen and oxygen atoms in total. The molecule has 1 aliphatic rings. The van der Waals surface area contributed by atoms with Crippen LogP contribution in [0.4, 0.5) is 0 Å². The van der Waals surface area contributed by atoms with Crippen molar-refractivity contribution < 1.29 is 19.8 Å². The number of carbonyl (C=O) groups is 2. The maximum atomic E-state index is 11.3. The molecule has 0 aromatic heterocycles. The summed E-state index contributed by atoms with van der Waals surface area (Å²) in [6, 6.07) is 0. The maximum Gasteiger partial charge on any atom is 0.336 e. The van der Waals surface area contributed by atoms with Gasteiger partial charge in [-0.25, -0.2) is 4.79 Å². The molecule has 2 N–H and O–H groups in total. The lowest BCUT2D eigenvalue weighted by atomic mass is 9.72. The van der Waals surface area contributed by atoms with Gasteiger partial charge in [-0.1, -0.05) is 13.8 Å². The molecule has 13 heavy (non-hydrogen) atoms. The van der Waals surface area contributed by atoms with Crippen LogP contribution >= 0.6 is 0 Å². The van der Waals surface area contributed by atoms with Crippen molar-refractivity contribution in [3.05, 3.63) is 0 Å². The van der Waals surface area contributed by atoms with Gasteiger partial charge in [-0.15, -0.1) is 0 Å². The highest BCUT2D eigenvalue weighted by atomic mass is 16.4. The second-order valence-corrected chi connectivity index (χ2v) is 3.95. The summed E-state index contributed by atoms with van der Waals surface area (Å²) in [7, 11) is 0. The van der Waals surface area contributed by atoms with E-state index >= 15 is 0 Å². The summed E-state index contributed by atoms with van der Waals surface area (Å²) in [6.45, 7) is 3.56. The van der Waals surface area contributed by atoms with Crippen molar-refractivity contribution in [2.45, 2.75) is 32.3 Å². The Morgan fingerprint density at radius 2 is 2.08 bits per heavy atom. The number of rotatable bonds is 1. The van der Waals surface area contributed by atoms with Crippen molar-refractivity contribution in [1.82, 2.24) is 0 Å². The number of hydrogen-bond donors (Lipinski definition) is 2. The lowest BCUT2D eigenvalue weighted by Crippen LogP contribution is -2.48. The Morgan fingerprint density at radius 3 is 2.46 bits per heavy atom. The third-order valence-corrected chi connectivity index (χ3v) is 2.89. The second kappa shape index (κ2) is 3.10. The van der Waals surface area contributed by atoms with Crippen molar-refractivity contribution in [3.8, 4) is 0 Å². The van der Waals surface area contributed by atoms with Gasteiger partial charge in [0.25, 0.3) is 0 Å². The zero-order chi connectivity index (χ0) is 10.2. The molecule has 0 spiro atoms. The molecule has 0 aromatic rings. The third kappa shape index (κ3) is 1.72. The van der Waals surface area contributed by atoms with Gasteiger partial charge < -0.3 is 10.2 Å². The average molecular weight is 186 g/mol. The van der Waals surface area contributed by atoms with Gasteiger partial charge in [0.15, 0.2) is 5.60 Å². The highest BCUT2D eigenvalue weighted by Crippen LogP contribution is 2.33. The second-order valence-electron chi connectivity index (χ2n) is 3.95. The zero-order valence-electron chi connectivity index (χ0n) is 7.78. The fourth-order valence-electron chi connectivity index (χ4n) is 1.71. The number of aliphatic hydroxyl groups is 1. The molecule has 1 aliphatic carbocycles. The molecule has 3 unspecified atom stereocenters. The smallest absolute Gasteiger partial charge is 0.336 e. The van der Waals surface area contributed by atoms with Crippen molar-refractivity contribution >= 4 is 11.8 Å². The Labute approximate surface area is 76.6 Å². The molecule has 3 atom stereocenters. The minimum Gasteiger partial charge on any atom is -0.479 e. The van der Waals surface area contributed by atoms with Gasteiger partial charge >= 0.3 is 5.97 Å². The van der Waals surface area contributed by atoms with E-state index < -0.39 is 11.6 Å². The molecule has 1 rings (SSSR count). The molecule has 0 heterocycles. The first kappa shape index (κ1) is 10.2. The Bertz CT molecular complexity index is 248. The Morgan fingerprint density at radius 1 is 1.54 bits per heavy atom. The molecule has 0 radical (unpaired) electrons. The summed E-state index contributed by atoms with van der Waals surface area (Å²) in [5, 5.41) is 18.3. The predicted molar refractivity (Wildman–Crippen MR) is 45.2 cm³/mol. The van der Waals surface area contributed by atoms with Crippen LogP contribution in [0.3, 0.4) is 0 Å². The van der Waals surface area contributed by atoms with Crippen LogP contribution in [0.5, 0.6) is 0 Å². The number of hydrogen-bond acceptors (Lipinski definition) is 3. The molecule has 0 saturated heterocycles. The summed E-state index contributed by atoms with van der Waals surface area (Å²) < 4.78 is 0. The highest BCUT2D eigenvalue weighted by molar-refractivity contribution is 5.90. The van der Waals surface area contributed by atoms with Crippen molar-refractivity contribution in [2.24, 2.45) is 11.8 Å². The predicted octanol–water partition coefficient (Wildman–Crippen LogP) is 0.437. The highest BCUT2D eigenvalue weighted by Gasteiger charge is 2.46. The number of Topliss-reactive ketones (excluding diaryl/α,β-unsaturated/α-hetero) is 1. The summed E-state index contributed by atoms with van der Waals surface area (Å²) in [5.74, 6) is -1.66. The Hall–Kier alpha value is -0.900. The zero-order valence-corrected chi connectivity index (χ0v) is 7.78. The molecule has 0 bridgehead atoms. The van der Waals surface area contributed by atoms with E-state index in [0.717, 1.165) is 0 Å². The van der Waals surface area contributed by atoms with E-state index in [1.54, 1.807) is 13.8 Å². The Balaban J connectivity index is 2.85. The number of carboxylic acid groups (broad SMARTS) is 1. The van der Waals surface area contributed by atoms with E-state index in [1.165, 1.54) is 0 Å². The molecular formula is C9H14O4. The SMILES string of the molecule is CC1CC(O)(C(=O)O)CC(=O)C1C. The largest absolute Gasteiger partial charge is 0.479 e. The number of carboxylic acids is 1. The van der Waals surface area contributed by atoms with Gasteiger partial charge in [-0.05, 0) is 12.3 Å².